The lowest BCUT2D eigenvalue weighted by Crippen LogP contribution is -2.61. The Hall–Kier alpha value is -11.0. The molecule has 2 saturated heterocycles. The molecule has 0 spiro atoms. The molecule has 2 rings (SSSR count). The van der Waals surface area contributed by atoms with Crippen molar-refractivity contribution in [1.29, 1.82) is 0 Å². The van der Waals surface area contributed by atoms with Crippen LogP contribution in [0, 0.1) is 11.8 Å². The molecule has 0 saturated carbocycles. The lowest BCUT2D eigenvalue weighted by atomic mass is 9.96. The summed E-state index contributed by atoms with van der Waals surface area (Å²) in [5.74, 6) is -20.0. The highest BCUT2D eigenvalue weighted by molar-refractivity contribution is 8.00. The number of carboxylic acid groups (broad SMARTS) is 4. The standard InChI is InChI=1S/C50H89N17O12S2.C22H34N6O12S/c1-7-28(4)40-47(78)64-34(23-38(70)71)48(79)67-21-12-16-35(67)45(76)63-33(17-22-80-6)44(75)62-32(15-11-20-57-50(54)55)42(73)59-29(5)25-81-26-37(69)60-31(13-8-9-18-51)43(74)61-30(14-10-19-56-49(52)53)41(72)58-24-36(68)65-39(27(2)3)46(77)66-40;1-10(29)24-8-15(30)25-11(2-5-16(31)32)20(38)26-12(3-6-17(33)34)21(39)27-13(4-7-18(35)36)22(40)28-14(9-41)19(23)37/h27-35,39-40H,7-26,51H2,1-6H3,(H,58,72)(H,59,73)(H,60,69)(H,61,74)(H,62,75)(H,63,76)(H,64,78)(H,65,68)(H,66,77)(H,70,71)(H4,52,53,56)(H4,54,55,57);11-14,41H,2-9H2,1H3,(H2,23,37)(H,24,29)(H,25,30)(H,26,38)(H,27,39)(H,28,40)(H,31,32)(H,33,34)(H,35,36)/t28?,29-,30+,31+,32+,33+,34?,35?,39+,40+;11-,12-,13-,14-/m10/s1. The van der Waals surface area contributed by atoms with E-state index in [9.17, 15) is 101 Å². The van der Waals surface area contributed by atoms with Crippen molar-refractivity contribution in [2.24, 2.45) is 56.2 Å². The number of thiol groups is 1. The fraction of sp³-hybridized carbons (Fsp3) is 0.694. The minimum atomic E-state index is -1.72. The Morgan fingerprint density at radius 2 is 1.03 bits per heavy atom. The van der Waals surface area contributed by atoms with Gasteiger partial charge in [-0.1, -0.05) is 34.1 Å². The van der Waals surface area contributed by atoms with Crippen LogP contribution < -0.4 is 109 Å². The number of carbonyl (C=O) groups excluding carboxylic acids is 16. The molecule has 2 heterocycles. The number of thioether (sulfide) groups is 2. The van der Waals surface area contributed by atoms with Crippen LogP contribution in [0.1, 0.15) is 157 Å². The molecule has 0 aliphatic carbocycles. The number of aliphatic imine (C=N–C) groups is 2. The van der Waals surface area contributed by atoms with E-state index < -0.39 is 267 Å². The van der Waals surface area contributed by atoms with Gasteiger partial charge in [-0.05, 0) is 121 Å². The van der Waals surface area contributed by atoms with Crippen LogP contribution in [0.25, 0.3) is 0 Å². The summed E-state index contributed by atoms with van der Waals surface area (Å²) in [6.07, 6.45) is 0.0409. The van der Waals surface area contributed by atoms with Crippen LogP contribution in [0.15, 0.2) is 9.98 Å². The number of hydrogen-bond acceptors (Lipinski definition) is 26. The molecule has 0 aromatic carbocycles. The zero-order valence-corrected chi connectivity index (χ0v) is 72.0. The number of rotatable bonds is 40. The molecule has 0 aromatic heterocycles. The topological polar surface area (TPSA) is 775 Å². The fourth-order valence-electron chi connectivity index (χ4n) is 11.8. The first-order chi connectivity index (χ1) is 57.4. The summed E-state index contributed by atoms with van der Waals surface area (Å²) in [6.45, 7) is 8.72. The minimum Gasteiger partial charge on any atom is -0.481 e. The molecule has 688 valence electrons. The van der Waals surface area contributed by atoms with Crippen LogP contribution >= 0.6 is 36.2 Å². The van der Waals surface area contributed by atoms with E-state index in [2.05, 4.69) is 97.0 Å². The lowest BCUT2D eigenvalue weighted by molar-refractivity contribution is -0.146. The number of nitrogens with two attached hydrogens (primary N) is 6. The molecule has 47 nitrogen and oxygen atoms in total. The summed E-state index contributed by atoms with van der Waals surface area (Å²) in [5, 5.41) is 72.0. The van der Waals surface area contributed by atoms with Gasteiger partial charge in [0.15, 0.2) is 11.9 Å². The summed E-state index contributed by atoms with van der Waals surface area (Å²) < 4.78 is 0. The first-order valence-corrected chi connectivity index (χ1v) is 42.7. The molecule has 14 atom stereocenters. The van der Waals surface area contributed by atoms with Gasteiger partial charge in [-0.3, -0.25) is 106 Å². The summed E-state index contributed by atoms with van der Waals surface area (Å²) in [6, 6.07) is -16.9. The van der Waals surface area contributed by atoms with Crippen molar-refractivity contribution in [3.8, 4) is 0 Å². The van der Waals surface area contributed by atoms with Crippen molar-refractivity contribution < 1.29 is 116 Å². The maximum absolute atomic E-state index is 14.4. The van der Waals surface area contributed by atoms with Crippen molar-refractivity contribution in [2.75, 3.05) is 68.5 Å². The SMILES string of the molecule is CC(=O)NCC(=O)N[C@@H](CCC(=O)O)C(=O)N[C@@H](CCC(=O)O)C(=O)N[C@@H](CCC(=O)O)C(=O)N[C@@H](CS)C(N)=O.CCC(C)[C@@H]1NC(=O)[C@H](C(C)C)NC(=O)CNC(=O)[C@H](CCCN=C(N)N)NC(=O)[C@H](CCCCN)NC(=O)CSC[C@@H](C)NC(=O)[C@H](CCCN=C(N)N)NC(=O)[C@H](CCSC)NC(=O)C2CCCN2C(=O)C(CC(=O)O)NC1=O. The smallest absolute Gasteiger partial charge is 0.305 e. The average molecular weight is 1790 g/mol. The predicted molar refractivity (Wildman–Crippen MR) is 449 cm³/mol. The van der Waals surface area contributed by atoms with Crippen LogP contribution in [-0.4, -0.2) is 303 Å². The van der Waals surface area contributed by atoms with Gasteiger partial charge in [-0.25, -0.2) is 0 Å². The van der Waals surface area contributed by atoms with Crippen molar-refractivity contribution in [3.05, 3.63) is 0 Å². The highest BCUT2D eigenvalue weighted by Crippen LogP contribution is 2.22. The molecule has 30 N–H and O–H groups in total. The van der Waals surface area contributed by atoms with Gasteiger partial charge in [0.05, 0.1) is 25.3 Å². The van der Waals surface area contributed by atoms with Gasteiger partial charge < -0.3 is 134 Å². The molecule has 3 unspecified atom stereocenters. The number of guanidine groups is 2. The van der Waals surface area contributed by atoms with Crippen LogP contribution in [0.3, 0.4) is 0 Å². The Bertz CT molecular complexity index is 3650. The minimum absolute atomic E-state index is 0.00398. The molecular formula is C72H123N23O24S3. The van der Waals surface area contributed by atoms with E-state index >= 15 is 0 Å². The zero-order valence-electron chi connectivity index (χ0n) is 69.5. The van der Waals surface area contributed by atoms with Crippen molar-refractivity contribution in [1.82, 2.24) is 79.3 Å². The van der Waals surface area contributed by atoms with Gasteiger partial charge in [0, 0.05) is 63.4 Å². The molecule has 50 heteroatoms. The Balaban J connectivity index is 0.00000152. The first-order valence-electron chi connectivity index (χ1n) is 39.5. The Kier molecular flexibility index (Phi) is 52.5. The first kappa shape index (κ1) is 109. The van der Waals surface area contributed by atoms with Crippen molar-refractivity contribution >= 4 is 166 Å². The number of aliphatic carboxylic acids is 4. The summed E-state index contributed by atoms with van der Waals surface area (Å²) in [5.41, 5.74) is 32.9. The molecule has 2 fully saturated rings. The summed E-state index contributed by atoms with van der Waals surface area (Å²) >= 11 is 6.41. The lowest BCUT2D eigenvalue weighted by Gasteiger charge is -2.32. The Morgan fingerprint density at radius 1 is 0.566 bits per heavy atom. The number of nitrogens with one attached hydrogen (secondary N) is 14. The van der Waals surface area contributed by atoms with Crippen LogP contribution in [0.5, 0.6) is 0 Å². The van der Waals surface area contributed by atoms with Crippen LogP contribution in [0.2, 0.25) is 0 Å². The Morgan fingerprint density at radius 3 is 1.50 bits per heavy atom. The van der Waals surface area contributed by atoms with Gasteiger partial charge in [0.2, 0.25) is 94.5 Å². The van der Waals surface area contributed by atoms with E-state index in [0.29, 0.717) is 38.0 Å². The van der Waals surface area contributed by atoms with Gasteiger partial charge in [-0.15, -0.1) is 11.8 Å². The third-order valence-electron chi connectivity index (χ3n) is 18.5. The van der Waals surface area contributed by atoms with Gasteiger partial charge in [-0.2, -0.15) is 24.4 Å². The second-order valence-electron chi connectivity index (χ2n) is 29.0. The average Bonchev–Trinajstić information content (AvgIpc) is 1.66. The number of fused-ring (bicyclic) bond motifs is 1. The number of amides is 16. The van der Waals surface area contributed by atoms with E-state index in [1.54, 1.807) is 40.9 Å². The van der Waals surface area contributed by atoms with E-state index in [0.717, 1.165) is 23.6 Å². The molecule has 2 aliphatic heterocycles. The summed E-state index contributed by atoms with van der Waals surface area (Å²) in [7, 11) is 0. The third kappa shape index (κ3) is 44.5. The van der Waals surface area contributed by atoms with Crippen LogP contribution in [-0.2, 0) is 95.9 Å². The monoisotopic (exact) mass is 1790 g/mol. The second kappa shape index (κ2) is 58.8. The molecular weight excluding hydrogens is 1670 g/mol. The third-order valence-corrected chi connectivity index (χ3v) is 20.7. The van der Waals surface area contributed by atoms with Crippen molar-refractivity contribution in [3.63, 3.8) is 0 Å². The fourth-order valence-corrected chi connectivity index (χ4v) is 13.4. The molecule has 0 aromatic rings. The quantitative estimate of drug-likeness (QED) is 0.0117. The Labute approximate surface area is 719 Å². The number of carbonyl (C=O) groups is 20. The largest absolute Gasteiger partial charge is 0.481 e. The maximum Gasteiger partial charge on any atom is 0.305 e. The summed E-state index contributed by atoms with van der Waals surface area (Å²) in [4.78, 5) is 267. The highest BCUT2D eigenvalue weighted by Gasteiger charge is 2.42. The van der Waals surface area contributed by atoms with Gasteiger partial charge in [0.25, 0.3) is 0 Å². The number of carboxylic acids is 4. The molecule has 16 amide bonds. The van der Waals surface area contributed by atoms with E-state index in [4.69, 9.17) is 49.7 Å². The van der Waals surface area contributed by atoms with Crippen LogP contribution in [0.4, 0.5) is 0 Å². The van der Waals surface area contributed by atoms with Gasteiger partial charge >= 0.3 is 23.9 Å². The van der Waals surface area contributed by atoms with Crippen molar-refractivity contribution in [2.45, 2.75) is 236 Å². The maximum atomic E-state index is 14.4. The number of primary amides is 1. The van der Waals surface area contributed by atoms with E-state index in [-0.39, 0.29) is 93.8 Å². The normalized spacial score (nSPS) is 21.4. The second-order valence-corrected chi connectivity index (χ2v) is 31.4. The number of nitrogens with zero attached hydrogens (tertiary/aromatic N) is 3. The van der Waals surface area contributed by atoms with E-state index in [1.807, 2.05) is 0 Å². The molecule has 2 aliphatic rings. The predicted octanol–water partition coefficient (Wildman–Crippen LogP) is -8.02. The zero-order chi connectivity index (χ0) is 92.5. The van der Waals surface area contributed by atoms with E-state index in [1.165, 1.54) is 11.8 Å². The molecule has 122 heavy (non-hydrogen) atoms. The van der Waals surface area contributed by atoms with Gasteiger partial charge in [0.1, 0.15) is 72.5 Å². The highest BCUT2D eigenvalue weighted by atomic mass is 32.2. The molecule has 0 bridgehead atoms. The number of unbranched alkanes of at least 4 members (excludes halogenated alkanes) is 1. The molecule has 0 radical (unpaired) electrons. The number of hydrogen-bond donors (Lipinski definition) is 25.